The van der Waals surface area contributed by atoms with Gasteiger partial charge in [0.15, 0.2) is 0 Å². The average Bonchev–Trinajstić information content (AvgIpc) is 2.12. The summed E-state index contributed by atoms with van der Waals surface area (Å²) >= 11 is 1.48. The van der Waals surface area contributed by atoms with Gasteiger partial charge in [0.25, 0.3) is 0 Å². The molecule has 9 nitrogen and oxygen atoms in total. The van der Waals surface area contributed by atoms with E-state index in [4.69, 9.17) is 11.1 Å². The zero-order chi connectivity index (χ0) is 5.98. The second-order valence-corrected chi connectivity index (χ2v) is 2.34. The van der Waals surface area contributed by atoms with Crippen molar-refractivity contribution in [3.63, 3.8) is 0 Å². The van der Waals surface area contributed by atoms with Gasteiger partial charge in [-0.15, -0.1) is 23.7 Å². The number of rotatable bonds is 1. The molecule has 0 radical (unpaired) electrons. The van der Waals surface area contributed by atoms with Crippen molar-refractivity contribution in [2.75, 3.05) is 0 Å². The fraction of sp³-hybridized carbons (Fsp3) is 0. The Morgan fingerprint density at radius 2 is 1.38 bits per heavy atom. The second-order valence-electron chi connectivity index (χ2n) is 1.39. The molecule has 0 aliphatic rings. The Hall–Kier alpha value is -0.820. The molecule has 0 aliphatic heterocycles. The molecule has 0 fully saturated rings. The van der Waals surface area contributed by atoms with E-state index in [1.165, 1.54) is 11.3 Å². The maximum absolute atomic E-state index is 6.94. The minimum Gasteiger partial charge on any atom is -0.412 e. The summed E-state index contributed by atoms with van der Waals surface area (Å²) in [5, 5.41) is 8.84. The van der Waals surface area contributed by atoms with E-state index in [0.29, 0.717) is 0 Å². The monoisotopic (exact) mass is 288 g/mol. The summed E-state index contributed by atoms with van der Waals surface area (Å²) < 4.78 is 0. The topological polar surface area (TPSA) is 270 Å². The first-order chi connectivity index (χ1) is 3.80. The lowest BCUT2D eigenvalue weighted by Crippen LogP contribution is -2.08. The summed E-state index contributed by atoms with van der Waals surface area (Å²) in [6.07, 6.45) is 0. The highest BCUT2D eigenvalue weighted by molar-refractivity contribution is 7.12. The summed E-state index contributed by atoms with van der Waals surface area (Å²) in [7, 11) is 0. The molecular weight excluding hydrogens is 268 g/mol. The predicted octanol–water partition coefficient (Wildman–Crippen LogP) is -4.32. The van der Waals surface area contributed by atoms with Crippen LogP contribution in [0.2, 0.25) is 0 Å². The van der Waals surface area contributed by atoms with Gasteiger partial charge >= 0.3 is 0 Å². The van der Waals surface area contributed by atoms with E-state index < -0.39 is 0 Å². The van der Waals surface area contributed by atoms with E-state index >= 15 is 0 Å². The third kappa shape index (κ3) is 18.9. The van der Waals surface area contributed by atoms with Gasteiger partial charge in [-0.2, -0.15) is 0 Å². The van der Waals surface area contributed by atoms with Crippen molar-refractivity contribution < 1.29 is 38.3 Å². The van der Waals surface area contributed by atoms with Gasteiger partial charge < -0.3 is 44.1 Å². The molecule has 11 heteroatoms. The van der Waals surface area contributed by atoms with Crippen molar-refractivity contribution in [2.45, 2.75) is 0 Å². The van der Waals surface area contributed by atoms with Crippen LogP contribution in [0.5, 0.6) is 0 Å². The van der Waals surface area contributed by atoms with Crippen LogP contribution in [-0.4, -0.2) is 44.2 Å². The molecule has 0 bridgehead atoms. The van der Waals surface area contributed by atoms with Gasteiger partial charge in [0.05, 0.1) is 4.88 Å². The van der Waals surface area contributed by atoms with E-state index in [-0.39, 0.29) is 56.6 Å². The first-order valence-corrected chi connectivity index (χ1v) is 3.06. The molecular formula is C5H21ClN2O7S. The van der Waals surface area contributed by atoms with E-state index in [1.807, 2.05) is 17.5 Å². The van der Waals surface area contributed by atoms with Crippen LogP contribution in [0.1, 0.15) is 4.88 Å². The van der Waals surface area contributed by atoms with Gasteiger partial charge in [-0.3, -0.25) is 5.41 Å². The summed E-state index contributed by atoms with van der Waals surface area (Å²) in [6, 6.07) is 3.70. The van der Waals surface area contributed by atoms with Crippen LogP contribution in [0.25, 0.3) is 0 Å². The molecule has 1 heterocycles. The SMILES string of the molecule is Cl.N=C(N)c1cccs1.O.O.O.O.O.O.O. The van der Waals surface area contributed by atoms with Crippen LogP contribution in [-0.2, 0) is 0 Å². The molecule has 0 unspecified atom stereocenters. The molecule has 0 spiro atoms. The highest BCUT2D eigenvalue weighted by Gasteiger charge is 1.92. The number of amidine groups is 1. The highest BCUT2D eigenvalue weighted by Crippen LogP contribution is 2.05. The number of hydrogen-bond donors (Lipinski definition) is 2. The lowest BCUT2D eigenvalue weighted by molar-refractivity contribution is 0.823. The zero-order valence-electron chi connectivity index (χ0n) is 8.13. The lowest BCUT2D eigenvalue weighted by atomic mass is 10.4. The predicted molar refractivity (Wildman–Crippen MR) is 67.9 cm³/mol. The molecule has 0 atom stereocenters. The minimum absolute atomic E-state index is 0. The Bertz CT molecular complexity index is 199. The normalized spacial score (nSPS) is 4.50. The molecule has 0 amide bonds. The van der Waals surface area contributed by atoms with E-state index in [2.05, 4.69) is 0 Å². The van der Waals surface area contributed by atoms with Crippen LogP contribution >= 0.6 is 23.7 Å². The van der Waals surface area contributed by atoms with Crippen molar-refractivity contribution in [1.82, 2.24) is 0 Å². The fourth-order valence-corrected chi connectivity index (χ4v) is 1.02. The number of thiophene rings is 1. The maximum atomic E-state index is 6.94. The molecule has 1 aromatic rings. The highest BCUT2D eigenvalue weighted by atomic mass is 35.5. The third-order valence-electron chi connectivity index (χ3n) is 0.787. The van der Waals surface area contributed by atoms with Crippen LogP contribution in [0, 0.1) is 5.41 Å². The van der Waals surface area contributed by atoms with Gasteiger partial charge in [-0.05, 0) is 11.4 Å². The van der Waals surface area contributed by atoms with Gasteiger partial charge in [-0.1, -0.05) is 6.07 Å². The van der Waals surface area contributed by atoms with Gasteiger partial charge in [0.2, 0.25) is 0 Å². The van der Waals surface area contributed by atoms with Gasteiger partial charge in [0.1, 0.15) is 5.84 Å². The molecule has 106 valence electrons. The van der Waals surface area contributed by atoms with E-state index in [1.54, 1.807) is 0 Å². The molecule has 16 heavy (non-hydrogen) atoms. The standard InChI is InChI=1S/C5H6N2S.ClH.7H2O/c6-5(7)4-2-1-3-8-4;;;;;;;;/h1-3H,(H3,6,7);1H;7*1H2. The fourth-order valence-electron chi connectivity index (χ4n) is 0.432. The molecule has 17 N–H and O–H groups in total. The number of nitrogen functional groups attached to an aromatic ring is 1. The Morgan fingerprint density at radius 3 is 1.50 bits per heavy atom. The molecule has 1 aromatic heterocycles. The Balaban J connectivity index is -0.0000000133. The summed E-state index contributed by atoms with van der Waals surface area (Å²) in [4.78, 5) is 0.838. The number of hydrogen-bond acceptors (Lipinski definition) is 2. The quantitative estimate of drug-likeness (QED) is 0.376. The van der Waals surface area contributed by atoms with E-state index in [9.17, 15) is 0 Å². The summed E-state index contributed by atoms with van der Waals surface area (Å²) in [5.41, 5.74) is 5.15. The maximum Gasteiger partial charge on any atom is 0.133 e. The Labute approximate surface area is 102 Å². The molecule has 0 saturated carbocycles. The van der Waals surface area contributed by atoms with Gasteiger partial charge in [0, 0.05) is 0 Å². The Morgan fingerprint density at radius 1 is 1.00 bits per heavy atom. The second kappa shape index (κ2) is 29.2. The molecule has 0 saturated heterocycles. The smallest absolute Gasteiger partial charge is 0.133 e. The number of nitrogens with one attached hydrogen (secondary N) is 1. The summed E-state index contributed by atoms with van der Waals surface area (Å²) in [6.45, 7) is 0. The molecule has 0 aliphatic carbocycles. The molecule has 0 aromatic carbocycles. The Kier molecular flexibility index (Phi) is 108. The van der Waals surface area contributed by atoms with Crippen LogP contribution < -0.4 is 5.73 Å². The number of halogens is 1. The first kappa shape index (κ1) is 59.2. The van der Waals surface area contributed by atoms with Crippen molar-refractivity contribution in [3.8, 4) is 0 Å². The lowest BCUT2D eigenvalue weighted by Gasteiger charge is -1.84. The van der Waals surface area contributed by atoms with E-state index in [0.717, 1.165) is 4.88 Å². The van der Waals surface area contributed by atoms with Crippen molar-refractivity contribution in [3.05, 3.63) is 22.4 Å². The minimum atomic E-state index is 0. The van der Waals surface area contributed by atoms with Crippen molar-refractivity contribution in [1.29, 1.82) is 5.41 Å². The van der Waals surface area contributed by atoms with Crippen molar-refractivity contribution >= 4 is 29.6 Å². The number of nitrogens with two attached hydrogens (primary N) is 1. The molecule has 1 rings (SSSR count). The van der Waals surface area contributed by atoms with Crippen LogP contribution in [0.3, 0.4) is 0 Å². The van der Waals surface area contributed by atoms with Crippen LogP contribution in [0.15, 0.2) is 17.5 Å². The van der Waals surface area contributed by atoms with Crippen LogP contribution in [0.4, 0.5) is 0 Å². The third-order valence-corrected chi connectivity index (χ3v) is 1.69. The van der Waals surface area contributed by atoms with Crippen molar-refractivity contribution in [2.24, 2.45) is 5.73 Å². The average molecular weight is 289 g/mol. The zero-order valence-corrected chi connectivity index (χ0v) is 9.76. The first-order valence-electron chi connectivity index (χ1n) is 2.18. The largest absolute Gasteiger partial charge is 0.412 e. The summed E-state index contributed by atoms with van der Waals surface area (Å²) in [5.74, 6) is 0.153. The van der Waals surface area contributed by atoms with Gasteiger partial charge in [-0.25, -0.2) is 0 Å².